The molecule has 4 heteroatoms. The fraction of sp³-hybridized carbons (Fsp3) is 0.286. The van der Waals surface area contributed by atoms with Crippen LogP contribution >= 0.6 is 11.3 Å². The van der Waals surface area contributed by atoms with E-state index in [4.69, 9.17) is 10.5 Å². The van der Waals surface area contributed by atoms with Crippen molar-refractivity contribution in [2.75, 3.05) is 12.8 Å². The first-order valence-electron chi connectivity index (χ1n) is 5.94. The number of benzene rings is 1. The predicted octanol–water partition coefficient (Wildman–Crippen LogP) is 3.63. The average molecular weight is 263 g/mol. The first kappa shape index (κ1) is 11.5. The molecule has 2 N–H and O–H groups in total. The van der Waals surface area contributed by atoms with Crippen LogP contribution in [-0.2, 0) is 12.8 Å². The summed E-state index contributed by atoms with van der Waals surface area (Å²) in [6.07, 6.45) is 3.32. The van der Waals surface area contributed by atoms with Gasteiger partial charge in [0.1, 0.15) is 0 Å². The molecule has 0 unspecified atom stereocenters. The van der Waals surface area contributed by atoms with Crippen LogP contribution in [0.5, 0.6) is 5.75 Å². The topological polar surface area (TPSA) is 35.2 Å². The third-order valence-corrected chi connectivity index (χ3v) is 4.51. The van der Waals surface area contributed by atoms with Gasteiger partial charge in [0.15, 0.2) is 11.6 Å². The molecule has 0 spiro atoms. The highest BCUT2D eigenvalue weighted by atomic mass is 32.1. The molecule has 1 heterocycles. The SMILES string of the molecule is COc1ccc(-c2c(N)sc3c2CCC3)cc1F. The van der Waals surface area contributed by atoms with Crippen molar-refractivity contribution in [3.63, 3.8) is 0 Å². The second-order valence-corrected chi connectivity index (χ2v) is 5.58. The van der Waals surface area contributed by atoms with Gasteiger partial charge < -0.3 is 10.5 Å². The minimum atomic E-state index is -0.340. The summed E-state index contributed by atoms with van der Waals surface area (Å²) in [7, 11) is 1.47. The van der Waals surface area contributed by atoms with Crippen LogP contribution < -0.4 is 10.5 Å². The standard InChI is InChI=1S/C14H14FNOS/c1-17-11-6-5-8(7-10(11)15)13-9-3-2-4-12(9)18-14(13)16/h5-7H,2-4,16H2,1H3. The van der Waals surface area contributed by atoms with Crippen LogP contribution in [0.25, 0.3) is 11.1 Å². The van der Waals surface area contributed by atoms with E-state index in [0.29, 0.717) is 0 Å². The van der Waals surface area contributed by atoms with Gasteiger partial charge in [-0.1, -0.05) is 6.07 Å². The lowest BCUT2D eigenvalue weighted by molar-refractivity contribution is 0.386. The second kappa shape index (κ2) is 4.28. The number of thiophene rings is 1. The van der Waals surface area contributed by atoms with Crippen molar-refractivity contribution in [3.05, 3.63) is 34.5 Å². The van der Waals surface area contributed by atoms with Crippen LogP contribution in [0.4, 0.5) is 9.39 Å². The van der Waals surface area contributed by atoms with Gasteiger partial charge in [-0.3, -0.25) is 0 Å². The zero-order valence-corrected chi connectivity index (χ0v) is 10.9. The van der Waals surface area contributed by atoms with E-state index in [0.717, 1.165) is 29.0 Å². The predicted molar refractivity (Wildman–Crippen MR) is 72.7 cm³/mol. The second-order valence-electron chi connectivity index (χ2n) is 4.45. The van der Waals surface area contributed by atoms with Crippen LogP contribution in [0.15, 0.2) is 18.2 Å². The molecular formula is C14H14FNOS. The summed E-state index contributed by atoms with van der Waals surface area (Å²) in [6, 6.07) is 5.04. The van der Waals surface area contributed by atoms with Crippen molar-refractivity contribution < 1.29 is 9.13 Å². The molecule has 18 heavy (non-hydrogen) atoms. The number of hydrogen-bond donors (Lipinski definition) is 1. The van der Waals surface area contributed by atoms with Gasteiger partial charge in [-0.05, 0) is 42.5 Å². The van der Waals surface area contributed by atoms with Crippen LogP contribution in [0.1, 0.15) is 16.9 Å². The summed E-state index contributed by atoms with van der Waals surface area (Å²) < 4.78 is 18.7. The Balaban J connectivity index is 2.13. The van der Waals surface area contributed by atoms with Gasteiger partial charge in [-0.15, -0.1) is 11.3 Å². The molecule has 3 rings (SSSR count). The number of rotatable bonds is 2. The van der Waals surface area contributed by atoms with E-state index in [-0.39, 0.29) is 11.6 Å². The van der Waals surface area contributed by atoms with Gasteiger partial charge in [0.2, 0.25) is 0 Å². The molecule has 1 aliphatic carbocycles. The molecule has 0 atom stereocenters. The van der Waals surface area contributed by atoms with E-state index in [1.807, 2.05) is 6.07 Å². The van der Waals surface area contributed by atoms with E-state index >= 15 is 0 Å². The summed E-state index contributed by atoms with van der Waals surface area (Å²) in [4.78, 5) is 1.36. The molecule has 2 aromatic rings. The molecule has 0 fully saturated rings. The Hall–Kier alpha value is -1.55. The zero-order valence-electron chi connectivity index (χ0n) is 10.1. The fourth-order valence-electron chi connectivity index (χ4n) is 2.56. The summed E-state index contributed by atoms with van der Waals surface area (Å²) in [6.45, 7) is 0. The average Bonchev–Trinajstić information content (AvgIpc) is 2.88. The number of nitrogen functional groups attached to an aromatic ring is 1. The highest BCUT2D eigenvalue weighted by molar-refractivity contribution is 7.16. The van der Waals surface area contributed by atoms with Crippen LogP contribution in [0.3, 0.4) is 0 Å². The van der Waals surface area contributed by atoms with Gasteiger partial charge in [0.25, 0.3) is 0 Å². The number of nitrogens with two attached hydrogens (primary N) is 1. The Kier molecular flexibility index (Phi) is 2.74. The number of aryl methyl sites for hydroxylation is 1. The van der Waals surface area contributed by atoms with Crippen LogP contribution in [0, 0.1) is 5.82 Å². The van der Waals surface area contributed by atoms with Crippen molar-refractivity contribution in [1.29, 1.82) is 0 Å². The Labute approximate surface area is 109 Å². The Morgan fingerprint density at radius 1 is 1.33 bits per heavy atom. The quantitative estimate of drug-likeness (QED) is 0.898. The summed E-state index contributed by atoms with van der Waals surface area (Å²) in [5, 5.41) is 0.796. The number of fused-ring (bicyclic) bond motifs is 1. The number of methoxy groups -OCH3 is 1. The molecule has 1 aliphatic rings. The van der Waals surface area contributed by atoms with Crippen molar-refractivity contribution in [2.45, 2.75) is 19.3 Å². The van der Waals surface area contributed by atoms with Gasteiger partial charge >= 0.3 is 0 Å². The maximum absolute atomic E-state index is 13.8. The van der Waals surface area contributed by atoms with Gasteiger partial charge in [0, 0.05) is 10.4 Å². The van der Waals surface area contributed by atoms with Gasteiger partial charge in [-0.2, -0.15) is 0 Å². The first-order valence-corrected chi connectivity index (χ1v) is 6.76. The van der Waals surface area contributed by atoms with Crippen molar-refractivity contribution >= 4 is 16.3 Å². The molecule has 0 saturated carbocycles. The third-order valence-electron chi connectivity index (χ3n) is 3.39. The highest BCUT2D eigenvalue weighted by Crippen LogP contribution is 2.43. The minimum Gasteiger partial charge on any atom is -0.494 e. The molecular weight excluding hydrogens is 249 g/mol. The summed E-state index contributed by atoms with van der Waals surface area (Å²) in [5.41, 5.74) is 9.25. The van der Waals surface area contributed by atoms with Crippen LogP contribution in [-0.4, -0.2) is 7.11 Å². The summed E-state index contributed by atoms with van der Waals surface area (Å²) in [5.74, 6) is -0.0726. The first-order chi connectivity index (χ1) is 8.70. The van der Waals surface area contributed by atoms with Crippen molar-refractivity contribution in [3.8, 4) is 16.9 Å². The molecule has 94 valence electrons. The lowest BCUT2D eigenvalue weighted by atomic mass is 10.0. The zero-order chi connectivity index (χ0) is 12.7. The molecule has 2 nitrogen and oxygen atoms in total. The molecule has 0 amide bonds. The van der Waals surface area contributed by atoms with E-state index in [1.54, 1.807) is 17.4 Å². The van der Waals surface area contributed by atoms with E-state index in [1.165, 1.54) is 30.0 Å². The smallest absolute Gasteiger partial charge is 0.165 e. The van der Waals surface area contributed by atoms with Gasteiger partial charge in [-0.25, -0.2) is 4.39 Å². The van der Waals surface area contributed by atoms with Crippen LogP contribution in [0.2, 0.25) is 0 Å². The molecule has 0 radical (unpaired) electrons. The Morgan fingerprint density at radius 3 is 2.89 bits per heavy atom. The maximum Gasteiger partial charge on any atom is 0.165 e. The molecule has 0 aliphatic heterocycles. The molecule has 1 aromatic carbocycles. The molecule has 0 saturated heterocycles. The lowest BCUT2D eigenvalue weighted by Gasteiger charge is -2.07. The van der Waals surface area contributed by atoms with E-state index in [2.05, 4.69) is 0 Å². The fourth-order valence-corrected chi connectivity index (χ4v) is 3.75. The Bertz CT molecular complexity index is 606. The third kappa shape index (κ3) is 1.68. The minimum absolute atomic E-state index is 0.268. The largest absolute Gasteiger partial charge is 0.494 e. The van der Waals surface area contributed by atoms with E-state index in [9.17, 15) is 4.39 Å². The molecule has 0 bridgehead atoms. The number of hydrogen-bond acceptors (Lipinski definition) is 3. The summed E-state index contributed by atoms with van der Waals surface area (Å²) >= 11 is 1.64. The van der Waals surface area contributed by atoms with Crippen molar-refractivity contribution in [2.24, 2.45) is 0 Å². The number of halogens is 1. The van der Waals surface area contributed by atoms with Gasteiger partial charge in [0.05, 0.1) is 12.1 Å². The lowest BCUT2D eigenvalue weighted by Crippen LogP contribution is -1.92. The normalized spacial score (nSPS) is 13.7. The van der Waals surface area contributed by atoms with Crippen molar-refractivity contribution in [1.82, 2.24) is 0 Å². The number of anilines is 1. The van der Waals surface area contributed by atoms with E-state index < -0.39 is 0 Å². The maximum atomic E-state index is 13.8. The Morgan fingerprint density at radius 2 is 2.17 bits per heavy atom. The highest BCUT2D eigenvalue weighted by Gasteiger charge is 2.22. The monoisotopic (exact) mass is 263 g/mol. The number of ether oxygens (including phenoxy) is 1. The molecule has 1 aromatic heterocycles.